The zero-order valence-electron chi connectivity index (χ0n) is 20.8. The Morgan fingerprint density at radius 2 is 2.03 bits per heavy atom. The van der Waals surface area contributed by atoms with Gasteiger partial charge in [-0.05, 0) is 32.6 Å². The second-order valence-corrected chi connectivity index (χ2v) is 9.81. The molecule has 1 spiro atoms. The quantitative estimate of drug-likeness (QED) is 0.249. The van der Waals surface area contributed by atoms with Crippen LogP contribution in [-0.4, -0.2) is 82.3 Å². The predicted octanol–water partition coefficient (Wildman–Crippen LogP) is 2.46. The molecule has 0 aromatic carbocycles. The number of aliphatic hydroxyl groups is 1. The van der Waals surface area contributed by atoms with E-state index in [9.17, 15) is 19.5 Å². The Hall–Kier alpha value is -2.19. The van der Waals surface area contributed by atoms with Crippen LogP contribution >= 0.6 is 0 Å². The number of esters is 1. The summed E-state index contributed by atoms with van der Waals surface area (Å²) in [6.07, 6.45) is 7.65. The molecule has 1 N–H and O–H groups in total. The summed E-state index contributed by atoms with van der Waals surface area (Å²) in [6.45, 7) is 13.8. The van der Waals surface area contributed by atoms with Crippen molar-refractivity contribution in [2.24, 2.45) is 11.8 Å². The van der Waals surface area contributed by atoms with Gasteiger partial charge < -0.3 is 24.4 Å². The van der Waals surface area contributed by atoms with E-state index >= 15 is 0 Å². The van der Waals surface area contributed by atoms with Crippen LogP contribution in [-0.2, 0) is 23.9 Å². The molecule has 0 aromatic heterocycles. The molecule has 0 aromatic rings. The van der Waals surface area contributed by atoms with Crippen molar-refractivity contribution in [3.05, 3.63) is 25.3 Å². The average Bonchev–Trinajstić information content (AvgIpc) is 3.44. The molecule has 3 saturated heterocycles. The van der Waals surface area contributed by atoms with E-state index < -0.39 is 41.1 Å². The van der Waals surface area contributed by atoms with Gasteiger partial charge in [-0.2, -0.15) is 0 Å². The molecule has 0 saturated carbocycles. The number of nitrogens with zero attached hydrogens (tertiary/aromatic N) is 2. The minimum Gasteiger partial charge on any atom is -0.461 e. The minimum atomic E-state index is -1.12. The Morgan fingerprint density at radius 1 is 1.29 bits per heavy atom. The zero-order valence-corrected chi connectivity index (χ0v) is 20.8. The number of amides is 2. The van der Waals surface area contributed by atoms with Crippen molar-refractivity contribution < 1.29 is 29.0 Å². The lowest BCUT2D eigenvalue weighted by atomic mass is 9.65. The molecule has 0 radical (unpaired) electrons. The molecule has 6 atom stereocenters. The normalized spacial score (nSPS) is 32.4. The monoisotopic (exact) mass is 476 g/mol. The first-order valence-corrected chi connectivity index (χ1v) is 12.6. The number of aliphatic hydroxyl groups excluding tert-OH is 1. The predicted molar refractivity (Wildman–Crippen MR) is 128 cm³/mol. The lowest BCUT2D eigenvalue weighted by molar-refractivity contribution is -0.162. The summed E-state index contributed by atoms with van der Waals surface area (Å²) in [5.41, 5.74) is -1.95. The summed E-state index contributed by atoms with van der Waals surface area (Å²) < 4.78 is 12.1. The lowest BCUT2D eigenvalue weighted by Crippen LogP contribution is -2.58. The Kier molecular flexibility index (Phi) is 8.24. The Labute approximate surface area is 202 Å². The van der Waals surface area contributed by atoms with Gasteiger partial charge in [-0.25, -0.2) is 0 Å². The third-order valence-corrected chi connectivity index (χ3v) is 7.88. The van der Waals surface area contributed by atoms with E-state index in [0.29, 0.717) is 32.4 Å². The smallest absolute Gasteiger partial charge is 0.313 e. The fourth-order valence-corrected chi connectivity index (χ4v) is 6.26. The maximum Gasteiger partial charge on any atom is 0.313 e. The summed E-state index contributed by atoms with van der Waals surface area (Å²) >= 11 is 0. The van der Waals surface area contributed by atoms with Crippen LogP contribution in [0.1, 0.15) is 59.3 Å². The third kappa shape index (κ3) is 4.09. The summed E-state index contributed by atoms with van der Waals surface area (Å²) in [7, 11) is 0. The lowest BCUT2D eigenvalue weighted by Gasteiger charge is -2.38. The van der Waals surface area contributed by atoms with Gasteiger partial charge >= 0.3 is 5.97 Å². The molecule has 8 heteroatoms. The van der Waals surface area contributed by atoms with Crippen LogP contribution in [0.3, 0.4) is 0 Å². The van der Waals surface area contributed by atoms with E-state index in [1.165, 1.54) is 11.0 Å². The summed E-state index contributed by atoms with van der Waals surface area (Å²) in [6, 6.07) is -1.49. The molecule has 0 aliphatic carbocycles. The second kappa shape index (κ2) is 10.6. The van der Waals surface area contributed by atoms with Crippen molar-refractivity contribution in [3.63, 3.8) is 0 Å². The molecule has 3 rings (SSSR count). The number of likely N-dealkylation sites (tertiary alicyclic amines) is 1. The summed E-state index contributed by atoms with van der Waals surface area (Å²) in [5.74, 6) is -2.63. The molecule has 34 heavy (non-hydrogen) atoms. The summed E-state index contributed by atoms with van der Waals surface area (Å²) in [5, 5.41) is 9.97. The van der Waals surface area contributed by atoms with Crippen molar-refractivity contribution in [2.75, 3.05) is 26.3 Å². The van der Waals surface area contributed by atoms with Gasteiger partial charge in [0.2, 0.25) is 11.8 Å². The van der Waals surface area contributed by atoms with Crippen LogP contribution < -0.4 is 0 Å². The van der Waals surface area contributed by atoms with Gasteiger partial charge in [0.05, 0.1) is 24.2 Å². The van der Waals surface area contributed by atoms with Crippen molar-refractivity contribution in [1.82, 2.24) is 9.80 Å². The highest BCUT2D eigenvalue weighted by Crippen LogP contribution is 2.64. The molecule has 8 nitrogen and oxygen atoms in total. The van der Waals surface area contributed by atoms with Crippen LogP contribution in [0, 0.1) is 11.8 Å². The van der Waals surface area contributed by atoms with E-state index in [1.807, 2.05) is 6.92 Å². The van der Waals surface area contributed by atoms with Gasteiger partial charge in [0.1, 0.15) is 24.2 Å². The van der Waals surface area contributed by atoms with Gasteiger partial charge in [-0.3, -0.25) is 14.4 Å². The van der Waals surface area contributed by atoms with Crippen molar-refractivity contribution >= 4 is 17.8 Å². The first-order chi connectivity index (χ1) is 16.3. The summed E-state index contributed by atoms with van der Waals surface area (Å²) in [4.78, 5) is 44.4. The Bertz CT molecular complexity index is 815. The highest BCUT2D eigenvalue weighted by atomic mass is 16.6. The highest BCUT2D eigenvalue weighted by Gasteiger charge is 2.79. The largest absolute Gasteiger partial charge is 0.461 e. The Balaban J connectivity index is 2.06. The topological polar surface area (TPSA) is 96.4 Å². The SMILES string of the molecule is C=CCOC(=O)[C@H]1[C@H]2C(=O)N([C@H](C)CO)C(C(=O)N(CC=C)CCCCC)C23CC[C@]1(CC)O3. The first-order valence-electron chi connectivity index (χ1n) is 12.6. The molecule has 190 valence electrons. The highest BCUT2D eigenvalue weighted by molar-refractivity contribution is 5.98. The van der Waals surface area contributed by atoms with Crippen LogP contribution in [0.25, 0.3) is 0 Å². The van der Waals surface area contributed by atoms with Gasteiger partial charge in [0.25, 0.3) is 0 Å². The molecule has 2 unspecified atom stereocenters. The number of ether oxygens (including phenoxy) is 2. The van der Waals surface area contributed by atoms with Crippen molar-refractivity contribution in [2.45, 2.75) is 82.6 Å². The van der Waals surface area contributed by atoms with Crippen LogP contribution in [0.5, 0.6) is 0 Å². The number of carbonyl (C=O) groups excluding carboxylic acids is 3. The van der Waals surface area contributed by atoms with Crippen molar-refractivity contribution in [1.29, 1.82) is 0 Å². The standard InChI is InChI=1S/C26H40N2O6/c1-6-10-11-15-27(14-7-2)23(31)21-26-13-12-25(9-4,34-26)20(24(32)33-16-8-3)19(26)22(30)28(21)18(5)17-29/h7-8,18-21,29H,2-3,6,9-17H2,1,4-5H3/t18-,19+,20-,21?,25+,26?/m1/s1. The second-order valence-electron chi connectivity index (χ2n) is 9.81. The minimum absolute atomic E-state index is 0.0483. The number of rotatable bonds is 13. The number of unbranched alkanes of at least 4 members (excludes halogenated alkanes) is 2. The number of hydrogen-bond acceptors (Lipinski definition) is 6. The molecule has 3 fully saturated rings. The third-order valence-electron chi connectivity index (χ3n) is 7.88. The molecule has 3 aliphatic heterocycles. The van der Waals surface area contributed by atoms with E-state index in [0.717, 1.165) is 19.3 Å². The molecule has 3 heterocycles. The maximum absolute atomic E-state index is 14.1. The van der Waals surface area contributed by atoms with E-state index in [-0.39, 0.29) is 25.0 Å². The van der Waals surface area contributed by atoms with Crippen LogP contribution in [0.2, 0.25) is 0 Å². The van der Waals surface area contributed by atoms with Crippen LogP contribution in [0.4, 0.5) is 0 Å². The van der Waals surface area contributed by atoms with Crippen molar-refractivity contribution in [3.8, 4) is 0 Å². The van der Waals surface area contributed by atoms with E-state index in [1.54, 1.807) is 17.9 Å². The first kappa shape index (κ1) is 26.4. The molecular weight excluding hydrogens is 436 g/mol. The fraction of sp³-hybridized carbons (Fsp3) is 0.731. The van der Waals surface area contributed by atoms with Gasteiger partial charge in [0, 0.05) is 13.1 Å². The average molecular weight is 477 g/mol. The van der Waals surface area contributed by atoms with Gasteiger partial charge in [-0.1, -0.05) is 45.4 Å². The van der Waals surface area contributed by atoms with Crippen LogP contribution in [0.15, 0.2) is 25.3 Å². The van der Waals surface area contributed by atoms with Gasteiger partial charge in [-0.15, -0.1) is 6.58 Å². The van der Waals surface area contributed by atoms with E-state index in [2.05, 4.69) is 20.1 Å². The number of hydrogen-bond donors (Lipinski definition) is 1. The molecular formula is C26H40N2O6. The fourth-order valence-electron chi connectivity index (χ4n) is 6.26. The molecule has 2 bridgehead atoms. The maximum atomic E-state index is 14.1. The van der Waals surface area contributed by atoms with Gasteiger partial charge in [0.15, 0.2) is 0 Å². The number of fused-ring (bicyclic) bond motifs is 1. The Morgan fingerprint density at radius 3 is 2.62 bits per heavy atom. The number of carbonyl (C=O) groups is 3. The molecule has 2 amide bonds. The van der Waals surface area contributed by atoms with E-state index in [4.69, 9.17) is 9.47 Å². The zero-order chi connectivity index (χ0) is 25.1. The molecule has 3 aliphatic rings.